The number of carbonyl (C=O) groups is 2. The molecule has 9 heteroatoms. The fraction of sp³-hybridized carbons (Fsp3) is 0.765. The predicted octanol–water partition coefficient (Wildman–Crippen LogP) is 1.63. The van der Waals surface area contributed by atoms with Crippen LogP contribution in [-0.4, -0.2) is 75.8 Å². The van der Waals surface area contributed by atoms with Crippen LogP contribution in [0.3, 0.4) is 0 Å². The molecule has 1 amide bonds. The molecule has 0 saturated carbocycles. The lowest BCUT2D eigenvalue weighted by Gasteiger charge is -2.26. The van der Waals surface area contributed by atoms with Crippen LogP contribution < -0.4 is 0 Å². The average molecular weight is 386 g/mol. The van der Waals surface area contributed by atoms with Crippen LogP contribution in [0.1, 0.15) is 39.9 Å². The van der Waals surface area contributed by atoms with Crippen molar-refractivity contribution in [2.75, 3.05) is 33.7 Å². The van der Waals surface area contributed by atoms with Crippen molar-refractivity contribution in [3.05, 3.63) is 10.6 Å². The zero-order chi connectivity index (χ0) is 19.9. The van der Waals surface area contributed by atoms with E-state index in [9.17, 15) is 9.59 Å². The van der Waals surface area contributed by atoms with Gasteiger partial charge in [-0.15, -0.1) is 0 Å². The molecule has 1 heterocycles. The second-order valence-electron chi connectivity index (χ2n) is 7.49. The van der Waals surface area contributed by atoms with Gasteiger partial charge in [-0.1, -0.05) is 6.92 Å². The summed E-state index contributed by atoms with van der Waals surface area (Å²) in [5, 5.41) is 6.91. The van der Waals surface area contributed by atoms with Gasteiger partial charge >= 0.3 is 5.97 Å². The Morgan fingerprint density at radius 2 is 1.92 bits per heavy atom. The molecule has 0 aliphatic heterocycles. The van der Waals surface area contributed by atoms with Gasteiger partial charge in [0.05, 0.1) is 0 Å². The number of nitrogens with zero attached hydrogens (tertiary/aromatic N) is 4. The molecular formula is C17H31N5O3S. The van der Waals surface area contributed by atoms with E-state index in [4.69, 9.17) is 17.0 Å². The molecule has 0 bridgehead atoms. The predicted molar refractivity (Wildman–Crippen MR) is 102 cm³/mol. The summed E-state index contributed by atoms with van der Waals surface area (Å²) in [4.78, 5) is 28.5. The van der Waals surface area contributed by atoms with Gasteiger partial charge in [0, 0.05) is 19.5 Å². The van der Waals surface area contributed by atoms with Crippen LogP contribution in [0, 0.1) is 4.77 Å². The zero-order valence-electron chi connectivity index (χ0n) is 16.7. The van der Waals surface area contributed by atoms with Crippen molar-refractivity contribution in [2.24, 2.45) is 0 Å². The van der Waals surface area contributed by atoms with E-state index in [2.05, 4.69) is 10.2 Å². The van der Waals surface area contributed by atoms with Gasteiger partial charge in [-0.2, -0.15) is 5.10 Å². The van der Waals surface area contributed by atoms with E-state index in [1.165, 1.54) is 4.90 Å². The van der Waals surface area contributed by atoms with E-state index in [-0.39, 0.29) is 19.0 Å². The molecule has 0 aliphatic rings. The second kappa shape index (κ2) is 9.82. The molecule has 1 rings (SSSR count). The number of carbonyl (C=O) groups excluding carboxylic acids is 2. The minimum Gasteiger partial charge on any atom is -0.459 e. The summed E-state index contributed by atoms with van der Waals surface area (Å²) in [6.45, 7) is 8.50. The van der Waals surface area contributed by atoms with E-state index < -0.39 is 11.6 Å². The van der Waals surface area contributed by atoms with Crippen LogP contribution >= 0.6 is 12.2 Å². The van der Waals surface area contributed by atoms with Crippen LogP contribution in [-0.2, 0) is 27.3 Å². The van der Waals surface area contributed by atoms with Gasteiger partial charge in [0.1, 0.15) is 24.5 Å². The molecule has 0 spiro atoms. The number of aromatic nitrogens is 3. The van der Waals surface area contributed by atoms with E-state index in [0.29, 0.717) is 17.9 Å². The summed E-state index contributed by atoms with van der Waals surface area (Å²) < 4.78 is 7.46. The third-order valence-electron chi connectivity index (χ3n) is 3.51. The van der Waals surface area contributed by atoms with Crippen LogP contribution in [0.4, 0.5) is 0 Å². The SMILES string of the molecule is CCCc1n[nH]c(=S)n1CC(=O)N(CCN(C)C)CC(=O)OC(C)(C)C. The number of aromatic amines is 1. The Hall–Kier alpha value is -1.74. The van der Waals surface area contributed by atoms with Crippen molar-refractivity contribution < 1.29 is 14.3 Å². The molecule has 0 fully saturated rings. The number of nitrogens with one attached hydrogen (secondary N) is 1. The van der Waals surface area contributed by atoms with E-state index >= 15 is 0 Å². The summed E-state index contributed by atoms with van der Waals surface area (Å²) in [7, 11) is 3.84. The second-order valence-corrected chi connectivity index (χ2v) is 7.87. The smallest absolute Gasteiger partial charge is 0.326 e. The minimum atomic E-state index is -0.589. The quantitative estimate of drug-likeness (QED) is 0.514. The summed E-state index contributed by atoms with van der Waals surface area (Å²) in [5.41, 5.74) is -0.589. The Morgan fingerprint density at radius 3 is 2.46 bits per heavy atom. The number of rotatable bonds is 9. The number of H-pyrrole nitrogens is 1. The molecule has 0 saturated heterocycles. The third-order valence-corrected chi connectivity index (χ3v) is 3.83. The standard InChI is InChI=1S/C17H31N5O3S/c1-7-8-13-18-19-16(26)22(13)11-14(23)21(10-9-20(5)6)12-15(24)25-17(2,3)4/h7-12H2,1-6H3,(H,19,26). The van der Waals surface area contributed by atoms with Crippen molar-refractivity contribution >= 4 is 24.1 Å². The monoisotopic (exact) mass is 385 g/mol. The lowest BCUT2D eigenvalue weighted by atomic mass is 10.2. The number of likely N-dealkylation sites (N-methyl/N-ethyl adjacent to an activating group) is 1. The Morgan fingerprint density at radius 1 is 1.27 bits per heavy atom. The van der Waals surface area contributed by atoms with Gasteiger partial charge in [-0.3, -0.25) is 19.3 Å². The van der Waals surface area contributed by atoms with E-state index in [1.54, 1.807) is 25.3 Å². The Labute approximate surface area is 160 Å². The fourth-order valence-corrected chi connectivity index (χ4v) is 2.52. The topological polar surface area (TPSA) is 83.5 Å². The number of amides is 1. The first-order chi connectivity index (χ1) is 12.0. The van der Waals surface area contributed by atoms with Crippen LogP contribution in [0.15, 0.2) is 0 Å². The number of aryl methyl sites for hydroxylation is 1. The molecule has 0 unspecified atom stereocenters. The van der Waals surface area contributed by atoms with Crippen LogP contribution in [0.2, 0.25) is 0 Å². The molecule has 0 aliphatic carbocycles. The Balaban J connectivity index is 2.88. The number of esters is 1. The van der Waals surface area contributed by atoms with Gasteiger partial charge in [-0.05, 0) is 53.5 Å². The number of hydrogen-bond donors (Lipinski definition) is 1. The highest BCUT2D eigenvalue weighted by Gasteiger charge is 2.23. The molecule has 8 nitrogen and oxygen atoms in total. The maximum Gasteiger partial charge on any atom is 0.326 e. The Bertz CT molecular complexity index is 660. The zero-order valence-corrected chi connectivity index (χ0v) is 17.5. The summed E-state index contributed by atoms with van der Waals surface area (Å²) in [6, 6.07) is 0. The normalized spacial score (nSPS) is 11.7. The molecule has 1 aromatic rings. The lowest BCUT2D eigenvalue weighted by molar-refractivity contribution is -0.159. The first kappa shape index (κ1) is 22.3. The maximum atomic E-state index is 12.8. The van der Waals surface area contributed by atoms with Crippen molar-refractivity contribution in [3.63, 3.8) is 0 Å². The fourth-order valence-electron chi connectivity index (χ4n) is 2.31. The summed E-state index contributed by atoms with van der Waals surface area (Å²) in [5.74, 6) is 0.136. The highest BCUT2D eigenvalue weighted by atomic mass is 32.1. The molecule has 0 aromatic carbocycles. The molecule has 26 heavy (non-hydrogen) atoms. The number of hydrogen-bond acceptors (Lipinski definition) is 6. The first-order valence-electron chi connectivity index (χ1n) is 8.82. The summed E-state index contributed by atoms with van der Waals surface area (Å²) in [6.07, 6.45) is 1.63. The van der Waals surface area contributed by atoms with Gasteiger partial charge in [-0.25, -0.2) is 0 Å². The lowest BCUT2D eigenvalue weighted by Crippen LogP contribution is -2.43. The highest BCUT2D eigenvalue weighted by molar-refractivity contribution is 7.71. The Kier molecular flexibility index (Phi) is 8.42. The number of ether oxygens (including phenoxy) is 1. The van der Waals surface area contributed by atoms with Crippen molar-refractivity contribution in [1.29, 1.82) is 0 Å². The van der Waals surface area contributed by atoms with Gasteiger partial charge in [0.2, 0.25) is 5.91 Å². The molecule has 1 N–H and O–H groups in total. The highest BCUT2D eigenvalue weighted by Crippen LogP contribution is 2.09. The third kappa shape index (κ3) is 7.65. The molecule has 148 valence electrons. The first-order valence-corrected chi connectivity index (χ1v) is 9.22. The van der Waals surface area contributed by atoms with Crippen LogP contribution in [0.5, 0.6) is 0 Å². The van der Waals surface area contributed by atoms with Crippen LogP contribution in [0.25, 0.3) is 0 Å². The van der Waals surface area contributed by atoms with Crippen molar-refractivity contribution in [3.8, 4) is 0 Å². The van der Waals surface area contributed by atoms with Gasteiger partial charge < -0.3 is 14.5 Å². The molecule has 0 atom stereocenters. The van der Waals surface area contributed by atoms with Crippen molar-refractivity contribution in [1.82, 2.24) is 24.6 Å². The maximum absolute atomic E-state index is 12.8. The largest absolute Gasteiger partial charge is 0.459 e. The molecule has 0 radical (unpaired) electrons. The average Bonchev–Trinajstić information content (AvgIpc) is 2.83. The summed E-state index contributed by atoms with van der Waals surface area (Å²) >= 11 is 5.23. The van der Waals surface area contributed by atoms with E-state index in [1.807, 2.05) is 25.9 Å². The van der Waals surface area contributed by atoms with Crippen molar-refractivity contribution in [2.45, 2.75) is 52.7 Å². The van der Waals surface area contributed by atoms with Gasteiger partial charge in [0.25, 0.3) is 0 Å². The van der Waals surface area contributed by atoms with Gasteiger partial charge in [0.15, 0.2) is 4.77 Å². The minimum absolute atomic E-state index is 0.0564. The van der Waals surface area contributed by atoms with E-state index in [0.717, 1.165) is 18.7 Å². The molecule has 1 aromatic heterocycles. The molecular weight excluding hydrogens is 354 g/mol.